The van der Waals surface area contributed by atoms with Gasteiger partial charge in [-0.25, -0.2) is 4.79 Å². The van der Waals surface area contributed by atoms with Crippen LogP contribution < -0.4 is 0 Å². The van der Waals surface area contributed by atoms with Crippen molar-refractivity contribution in [2.24, 2.45) is 5.92 Å². The van der Waals surface area contributed by atoms with Crippen molar-refractivity contribution >= 4 is 5.97 Å². The zero-order chi connectivity index (χ0) is 13.0. The predicted molar refractivity (Wildman–Crippen MR) is 65.5 cm³/mol. The molecule has 0 radical (unpaired) electrons. The van der Waals surface area contributed by atoms with Gasteiger partial charge < -0.3 is 14.3 Å². The van der Waals surface area contributed by atoms with Crippen LogP contribution in [0.25, 0.3) is 0 Å². The number of hydrogen-bond acceptors (Lipinski definition) is 4. The molecule has 1 aromatic rings. The van der Waals surface area contributed by atoms with Gasteiger partial charge in [0.2, 0.25) is 0 Å². The van der Waals surface area contributed by atoms with E-state index in [0.717, 1.165) is 19.1 Å². The predicted octanol–water partition coefficient (Wildman–Crippen LogP) is 1.84. The molecule has 0 saturated heterocycles. The van der Waals surface area contributed by atoms with Gasteiger partial charge in [0.1, 0.15) is 12.0 Å². The first-order valence-corrected chi connectivity index (χ1v) is 6.22. The molecule has 1 aromatic heterocycles. The molecule has 0 aromatic carbocycles. The lowest BCUT2D eigenvalue weighted by Gasteiger charge is -2.14. The summed E-state index contributed by atoms with van der Waals surface area (Å²) in [5, 5.41) is 8.77. The van der Waals surface area contributed by atoms with Gasteiger partial charge in [-0.3, -0.25) is 4.90 Å². The zero-order valence-corrected chi connectivity index (χ0v) is 10.6. The van der Waals surface area contributed by atoms with E-state index in [2.05, 4.69) is 4.90 Å². The first-order valence-electron chi connectivity index (χ1n) is 6.22. The summed E-state index contributed by atoms with van der Waals surface area (Å²) in [6, 6.07) is 1.56. The van der Waals surface area contributed by atoms with E-state index in [4.69, 9.17) is 14.3 Å². The number of carbonyl (C=O) groups is 1. The van der Waals surface area contributed by atoms with Gasteiger partial charge in [0.15, 0.2) is 0 Å². The lowest BCUT2D eigenvalue weighted by atomic mass is 10.3. The third-order valence-electron chi connectivity index (χ3n) is 2.99. The molecular weight excluding hydrogens is 234 g/mol. The van der Waals surface area contributed by atoms with E-state index in [1.165, 1.54) is 19.1 Å². The molecular formula is C13H19NO4. The summed E-state index contributed by atoms with van der Waals surface area (Å²) in [5.74, 6) is 0.496. The number of aromatic carboxylic acids is 1. The van der Waals surface area contributed by atoms with Crippen molar-refractivity contribution in [3.63, 3.8) is 0 Å². The highest BCUT2D eigenvalue weighted by Crippen LogP contribution is 2.28. The van der Waals surface area contributed by atoms with Gasteiger partial charge >= 0.3 is 5.97 Å². The first kappa shape index (κ1) is 13.1. The Hall–Kier alpha value is -1.33. The number of furan rings is 1. The Bertz CT molecular complexity index is 397. The quantitative estimate of drug-likeness (QED) is 0.716. The molecule has 1 aliphatic carbocycles. The number of carboxylic acids is 1. The van der Waals surface area contributed by atoms with E-state index in [9.17, 15) is 4.79 Å². The molecule has 1 aliphatic rings. The Morgan fingerprint density at radius 3 is 3.00 bits per heavy atom. The smallest absolute Gasteiger partial charge is 0.338 e. The maximum Gasteiger partial charge on any atom is 0.338 e. The highest BCUT2D eigenvalue weighted by atomic mass is 16.5. The minimum atomic E-state index is -0.958. The normalized spacial score (nSPS) is 15.2. The van der Waals surface area contributed by atoms with Gasteiger partial charge in [-0.1, -0.05) is 0 Å². The van der Waals surface area contributed by atoms with E-state index >= 15 is 0 Å². The summed E-state index contributed by atoms with van der Waals surface area (Å²) in [7, 11) is 1.96. The van der Waals surface area contributed by atoms with Crippen LogP contribution in [-0.2, 0) is 11.3 Å². The van der Waals surface area contributed by atoms with E-state index in [0.29, 0.717) is 18.9 Å². The third kappa shape index (κ3) is 4.16. The molecule has 0 aliphatic heterocycles. The van der Waals surface area contributed by atoms with Crippen LogP contribution in [0.4, 0.5) is 0 Å². The molecule has 0 bridgehead atoms. The average Bonchev–Trinajstić information content (AvgIpc) is 3.03. The Morgan fingerprint density at radius 2 is 2.39 bits per heavy atom. The van der Waals surface area contributed by atoms with Gasteiger partial charge in [0.05, 0.1) is 18.7 Å². The highest BCUT2D eigenvalue weighted by Gasteiger charge is 2.21. The number of likely N-dealkylation sites (N-methyl/N-ethyl adjacent to an activating group) is 1. The number of hydrogen-bond donors (Lipinski definition) is 1. The second kappa shape index (κ2) is 6.02. The second-order valence-electron chi connectivity index (χ2n) is 4.86. The number of ether oxygens (including phenoxy) is 1. The molecule has 5 heteroatoms. The van der Waals surface area contributed by atoms with Crippen molar-refractivity contribution in [3.8, 4) is 0 Å². The van der Waals surface area contributed by atoms with E-state index < -0.39 is 5.97 Å². The monoisotopic (exact) mass is 253 g/mol. The first-order chi connectivity index (χ1) is 8.65. The largest absolute Gasteiger partial charge is 0.478 e. The Kier molecular flexibility index (Phi) is 4.38. The molecule has 2 rings (SSSR count). The zero-order valence-electron chi connectivity index (χ0n) is 10.6. The highest BCUT2D eigenvalue weighted by molar-refractivity contribution is 5.87. The molecule has 0 spiro atoms. The maximum absolute atomic E-state index is 10.7. The topological polar surface area (TPSA) is 62.9 Å². The fraction of sp³-hybridized carbons (Fsp3) is 0.615. The summed E-state index contributed by atoms with van der Waals surface area (Å²) in [6.45, 7) is 2.99. The van der Waals surface area contributed by atoms with Crippen LogP contribution in [0.3, 0.4) is 0 Å². The molecule has 0 unspecified atom stereocenters. The van der Waals surface area contributed by atoms with Crippen molar-refractivity contribution in [2.75, 3.05) is 26.8 Å². The van der Waals surface area contributed by atoms with Crippen molar-refractivity contribution in [1.82, 2.24) is 4.90 Å². The van der Waals surface area contributed by atoms with Gasteiger partial charge in [0.25, 0.3) is 0 Å². The third-order valence-corrected chi connectivity index (χ3v) is 2.99. The second-order valence-corrected chi connectivity index (χ2v) is 4.86. The van der Waals surface area contributed by atoms with Gasteiger partial charge in [-0.2, -0.15) is 0 Å². The summed E-state index contributed by atoms with van der Waals surface area (Å²) in [5.41, 5.74) is 0.198. The van der Waals surface area contributed by atoms with Crippen molar-refractivity contribution < 1.29 is 19.1 Å². The summed E-state index contributed by atoms with van der Waals surface area (Å²) in [4.78, 5) is 12.7. The van der Waals surface area contributed by atoms with Crippen LogP contribution in [0.5, 0.6) is 0 Å². The average molecular weight is 253 g/mol. The van der Waals surface area contributed by atoms with Gasteiger partial charge in [-0.15, -0.1) is 0 Å². The molecule has 1 saturated carbocycles. The number of rotatable bonds is 8. The van der Waals surface area contributed by atoms with E-state index in [-0.39, 0.29) is 5.56 Å². The SMILES string of the molecule is CN(CCOCC1CC1)Cc1cc(C(=O)O)co1. The number of carboxylic acid groups (broad SMARTS) is 1. The molecule has 1 fully saturated rings. The van der Waals surface area contributed by atoms with Gasteiger partial charge in [0, 0.05) is 13.2 Å². The fourth-order valence-electron chi connectivity index (χ4n) is 1.68. The van der Waals surface area contributed by atoms with Crippen LogP contribution in [0.2, 0.25) is 0 Å². The minimum absolute atomic E-state index is 0.198. The van der Waals surface area contributed by atoms with Crippen LogP contribution in [0, 0.1) is 5.92 Å². The van der Waals surface area contributed by atoms with Crippen molar-refractivity contribution in [3.05, 3.63) is 23.7 Å². The van der Waals surface area contributed by atoms with E-state index in [1.54, 1.807) is 6.07 Å². The Labute approximate surface area is 106 Å². The molecule has 5 nitrogen and oxygen atoms in total. The standard InChI is InChI=1S/C13H19NO4/c1-14(4-5-17-8-10-2-3-10)7-12-6-11(9-18-12)13(15)16/h6,9-10H,2-5,7-8H2,1H3,(H,15,16). The molecule has 1 N–H and O–H groups in total. The lowest BCUT2D eigenvalue weighted by molar-refractivity contribution is 0.0696. The van der Waals surface area contributed by atoms with Crippen LogP contribution >= 0.6 is 0 Å². The Morgan fingerprint density at radius 1 is 1.61 bits per heavy atom. The van der Waals surface area contributed by atoms with Gasteiger partial charge in [-0.05, 0) is 31.9 Å². The Balaban J connectivity index is 1.65. The summed E-state index contributed by atoms with van der Waals surface area (Å²) in [6.07, 6.45) is 3.88. The summed E-state index contributed by atoms with van der Waals surface area (Å²) >= 11 is 0. The van der Waals surface area contributed by atoms with E-state index in [1.807, 2.05) is 7.05 Å². The lowest BCUT2D eigenvalue weighted by Crippen LogP contribution is -2.22. The molecule has 18 heavy (non-hydrogen) atoms. The fourth-order valence-corrected chi connectivity index (χ4v) is 1.68. The molecule has 0 amide bonds. The summed E-state index contributed by atoms with van der Waals surface area (Å²) < 4.78 is 10.7. The number of nitrogens with zero attached hydrogens (tertiary/aromatic N) is 1. The molecule has 0 atom stereocenters. The minimum Gasteiger partial charge on any atom is -0.478 e. The van der Waals surface area contributed by atoms with Crippen LogP contribution in [-0.4, -0.2) is 42.8 Å². The molecule has 100 valence electrons. The van der Waals surface area contributed by atoms with Crippen LogP contribution in [0.15, 0.2) is 16.7 Å². The van der Waals surface area contributed by atoms with Crippen molar-refractivity contribution in [2.45, 2.75) is 19.4 Å². The van der Waals surface area contributed by atoms with Crippen molar-refractivity contribution in [1.29, 1.82) is 0 Å². The molecule has 1 heterocycles. The maximum atomic E-state index is 10.7. The van der Waals surface area contributed by atoms with Crippen LogP contribution in [0.1, 0.15) is 29.0 Å².